The Morgan fingerprint density at radius 1 is 1.27 bits per heavy atom. The first-order valence-corrected chi connectivity index (χ1v) is 5.86. The summed E-state index contributed by atoms with van der Waals surface area (Å²) in [6.45, 7) is 13.0. The zero-order valence-corrected chi connectivity index (χ0v) is 10.9. The van der Waals surface area contributed by atoms with E-state index in [9.17, 15) is 0 Å². The van der Waals surface area contributed by atoms with Gasteiger partial charge in [-0.05, 0) is 40.0 Å². The molecule has 1 saturated heterocycles. The van der Waals surface area contributed by atoms with E-state index in [4.69, 9.17) is 10.6 Å². The lowest BCUT2D eigenvalue weighted by Gasteiger charge is -2.34. The van der Waals surface area contributed by atoms with Gasteiger partial charge in [-0.2, -0.15) is 0 Å². The van der Waals surface area contributed by atoms with Crippen LogP contribution in [0.15, 0.2) is 0 Å². The fourth-order valence-corrected chi connectivity index (χ4v) is 2.94. The minimum atomic E-state index is -0.0925. The summed E-state index contributed by atoms with van der Waals surface area (Å²) in [6.07, 6.45) is 1.06. The second-order valence-electron chi connectivity index (χ2n) is 6.21. The van der Waals surface area contributed by atoms with E-state index >= 15 is 0 Å². The molecule has 0 amide bonds. The average molecular weight is 214 g/mol. The molecule has 3 nitrogen and oxygen atoms in total. The van der Waals surface area contributed by atoms with Crippen molar-refractivity contribution in [2.24, 2.45) is 17.7 Å². The molecule has 1 rings (SSSR count). The zero-order chi connectivity index (χ0) is 11.9. The van der Waals surface area contributed by atoms with Gasteiger partial charge in [-0.1, -0.05) is 13.8 Å². The lowest BCUT2D eigenvalue weighted by Crippen LogP contribution is -2.50. The van der Waals surface area contributed by atoms with Crippen molar-refractivity contribution in [3.63, 3.8) is 0 Å². The third-order valence-corrected chi connectivity index (χ3v) is 3.49. The summed E-state index contributed by atoms with van der Waals surface area (Å²) in [4.78, 5) is 0. The standard InChI is InChI=1S/C12H26N2O/c1-8(2)10(14-13)9-7-11(3,4)15-12(9,5)6/h8-10,14H,7,13H2,1-6H3. The molecule has 3 heteroatoms. The molecular formula is C12H26N2O. The zero-order valence-electron chi connectivity index (χ0n) is 10.9. The van der Waals surface area contributed by atoms with Crippen LogP contribution in [0.4, 0.5) is 0 Å². The molecule has 2 atom stereocenters. The maximum absolute atomic E-state index is 6.09. The van der Waals surface area contributed by atoms with Crippen LogP contribution in [0, 0.1) is 11.8 Å². The molecular weight excluding hydrogens is 188 g/mol. The quantitative estimate of drug-likeness (QED) is 0.558. The summed E-state index contributed by atoms with van der Waals surface area (Å²) < 4.78 is 6.09. The Morgan fingerprint density at radius 2 is 1.80 bits per heavy atom. The van der Waals surface area contributed by atoms with Crippen molar-refractivity contribution < 1.29 is 4.74 Å². The van der Waals surface area contributed by atoms with Crippen LogP contribution in [0.3, 0.4) is 0 Å². The molecule has 1 heterocycles. The highest BCUT2D eigenvalue weighted by Crippen LogP contribution is 2.44. The Morgan fingerprint density at radius 3 is 2.07 bits per heavy atom. The topological polar surface area (TPSA) is 47.3 Å². The second-order valence-corrected chi connectivity index (χ2v) is 6.21. The predicted molar refractivity (Wildman–Crippen MR) is 63.3 cm³/mol. The number of ether oxygens (including phenoxy) is 1. The molecule has 1 aliphatic rings. The van der Waals surface area contributed by atoms with Gasteiger partial charge in [0, 0.05) is 12.0 Å². The Balaban J connectivity index is 2.85. The molecule has 90 valence electrons. The molecule has 0 aromatic rings. The van der Waals surface area contributed by atoms with Crippen molar-refractivity contribution in [2.75, 3.05) is 0 Å². The molecule has 3 N–H and O–H groups in total. The Hall–Kier alpha value is -0.120. The number of nitrogens with two attached hydrogens (primary N) is 1. The summed E-state index contributed by atoms with van der Waals surface area (Å²) in [7, 11) is 0. The number of rotatable bonds is 3. The van der Waals surface area contributed by atoms with Crippen molar-refractivity contribution in [3.05, 3.63) is 0 Å². The van der Waals surface area contributed by atoms with E-state index in [0.717, 1.165) is 6.42 Å². The van der Waals surface area contributed by atoms with Crippen molar-refractivity contribution >= 4 is 0 Å². The first kappa shape index (κ1) is 12.9. The fourth-order valence-electron chi connectivity index (χ4n) is 2.94. The molecule has 0 aromatic heterocycles. The van der Waals surface area contributed by atoms with Crippen molar-refractivity contribution in [2.45, 2.75) is 65.2 Å². The lowest BCUT2D eigenvalue weighted by molar-refractivity contribution is -0.0791. The van der Waals surface area contributed by atoms with Gasteiger partial charge in [-0.25, -0.2) is 0 Å². The van der Waals surface area contributed by atoms with Gasteiger partial charge in [-0.3, -0.25) is 11.3 Å². The van der Waals surface area contributed by atoms with E-state index in [-0.39, 0.29) is 11.2 Å². The minimum absolute atomic E-state index is 0.0296. The number of hydrazine groups is 1. The smallest absolute Gasteiger partial charge is 0.0678 e. The third kappa shape index (κ3) is 2.71. The summed E-state index contributed by atoms with van der Waals surface area (Å²) in [5.74, 6) is 6.65. The highest BCUT2D eigenvalue weighted by atomic mass is 16.5. The SMILES string of the molecule is CC(C)C(NN)C1CC(C)(C)OC1(C)C. The maximum Gasteiger partial charge on any atom is 0.0678 e. The van der Waals surface area contributed by atoms with Gasteiger partial charge in [0.2, 0.25) is 0 Å². The van der Waals surface area contributed by atoms with E-state index in [2.05, 4.69) is 47.0 Å². The predicted octanol–water partition coefficient (Wildman–Crippen LogP) is 2.07. The Labute approximate surface area is 93.7 Å². The van der Waals surface area contributed by atoms with E-state index < -0.39 is 0 Å². The molecule has 1 aliphatic heterocycles. The number of nitrogens with one attached hydrogen (secondary N) is 1. The normalized spacial score (nSPS) is 30.8. The third-order valence-electron chi connectivity index (χ3n) is 3.49. The van der Waals surface area contributed by atoms with Gasteiger partial charge < -0.3 is 4.74 Å². The second kappa shape index (κ2) is 4.04. The van der Waals surface area contributed by atoms with E-state index in [0.29, 0.717) is 17.9 Å². The molecule has 2 unspecified atom stereocenters. The van der Waals surface area contributed by atoms with Gasteiger partial charge in [0.25, 0.3) is 0 Å². The van der Waals surface area contributed by atoms with Crippen LogP contribution < -0.4 is 11.3 Å². The fraction of sp³-hybridized carbons (Fsp3) is 1.00. The molecule has 0 radical (unpaired) electrons. The van der Waals surface area contributed by atoms with Crippen LogP contribution in [0.1, 0.15) is 48.0 Å². The average Bonchev–Trinajstić information content (AvgIpc) is 2.20. The van der Waals surface area contributed by atoms with Gasteiger partial charge in [0.05, 0.1) is 11.2 Å². The molecule has 1 fully saturated rings. The Kier molecular flexibility index (Phi) is 3.49. The minimum Gasteiger partial charge on any atom is -0.369 e. The molecule has 15 heavy (non-hydrogen) atoms. The summed E-state index contributed by atoms with van der Waals surface area (Å²) in [5.41, 5.74) is 2.83. The Bertz CT molecular complexity index is 224. The van der Waals surface area contributed by atoms with Crippen LogP contribution >= 0.6 is 0 Å². The van der Waals surface area contributed by atoms with E-state index in [1.807, 2.05) is 0 Å². The van der Waals surface area contributed by atoms with Crippen LogP contribution in [-0.2, 0) is 4.74 Å². The van der Waals surface area contributed by atoms with Crippen molar-refractivity contribution in [1.82, 2.24) is 5.43 Å². The summed E-state index contributed by atoms with van der Waals surface area (Å²) in [5, 5.41) is 0. The number of hydrogen-bond acceptors (Lipinski definition) is 3. The highest BCUT2D eigenvalue weighted by Gasteiger charge is 2.49. The van der Waals surface area contributed by atoms with E-state index in [1.54, 1.807) is 0 Å². The molecule has 0 spiro atoms. The largest absolute Gasteiger partial charge is 0.369 e. The van der Waals surface area contributed by atoms with Crippen molar-refractivity contribution in [3.8, 4) is 0 Å². The van der Waals surface area contributed by atoms with Crippen molar-refractivity contribution in [1.29, 1.82) is 0 Å². The maximum atomic E-state index is 6.09. The van der Waals surface area contributed by atoms with Gasteiger partial charge in [0.1, 0.15) is 0 Å². The van der Waals surface area contributed by atoms with Crippen LogP contribution in [0.5, 0.6) is 0 Å². The summed E-state index contributed by atoms with van der Waals surface area (Å²) >= 11 is 0. The van der Waals surface area contributed by atoms with Gasteiger partial charge >= 0.3 is 0 Å². The molecule has 0 saturated carbocycles. The van der Waals surface area contributed by atoms with E-state index in [1.165, 1.54) is 0 Å². The van der Waals surface area contributed by atoms with Crippen LogP contribution in [0.25, 0.3) is 0 Å². The monoisotopic (exact) mass is 214 g/mol. The summed E-state index contributed by atoms with van der Waals surface area (Å²) in [6, 6.07) is 0.321. The first-order valence-electron chi connectivity index (χ1n) is 5.86. The lowest BCUT2D eigenvalue weighted by atomic mass is 9.78. The molecule has 0 aliphatic carbocycles. The first-order chi connectivity index (χ1) is 6.69. The highest BCUT2D eigenvalue weighted by molar-refractivity contribution is 4.99. The van der Waals surface area contributed by atoms with Gasteiger partial charge in [-0.15, -0.1) is 0 Å². The van der Waals surface area contributed by atoms with Crippen LogP contribution in [-0.4, -0.2) is 17.2 Å². The molecule has 0 bridgehead atoms. The number of hydrogen-bond donors (Lipinski definition) is 2. The van der Waals surface area contributed by atoms with Gasteiger partial charge in [0.15, 0.2) is 0 Å². The molecule has 0 aromatic carbocycles. The van der Waals surface area contributed by atoms with Crippen LogP contribution in [0.2, 0.25) is 0 Å².